The van der Waals surface area contributed by atoms with Gasteiger partial charge in [0.2, 0.25) is 5.75 Å². The lowest BCUT2D eigenvalue weighted by molar-refractivity contribution is 0.476. The van der Waals surface area contributed by atoms with Gasteiger partial charge in [0, 0.05) is 11.6 Å². The van der Waals surface area contributed by atoms with E-state index in [-0.39, 0.29) is 11.5 Å². The molecule has 0 spiro atoms. The molecular weight excluding hydrogens is 218 g/mol. The van der Waals surface area contributed by atoms with Gasteiger partial charge in [-0.2, -0.15) is 0 Å². The van der Waals surface area contributed by atoms with Crippen molar-refractivity contribution in [2.75, 3.05) is 0 Å². The molecule has 0 saturated carbocycles. The highest BCUT2D eigenvalue weighted by molar-refractivity contribution is 6.13. The number of ether oxygens (including phenoxy) is 1. The Morgan fingerprint density at radius 1 is 1.18 bits per heavy atom. The zero-order chi connectivity index (χ0) is 11.6. The fraction of sp³-hybridized carbons (Fsp3) is 0. The number of phenolic OH excluding ortho intramolecular Hbond substituents is 1. The summed E-state index contributed by atoms with van der Waals surface area (Å²) >= 11 is 0. The second-order valence-electron chi connectivity index (χ2n) is 4.06. The van der Waals surface area contributed by atoms with Crippen molar-refractivity contribution in [1.29, 1.82) is 0 Å². The molecular formula is C13H7NO3. The Balaban J connectivity index is 2.38. The number of aromatic amines is 1. The lowest BCUT2D eigenvalue weighted by Gasteiger charge is -2.02. The minimum atomic E-state index is -0.428. The first kappa shape index (κ1) is 8.64. The zero-order valence-corrected chi connectivity index (χ0v) is 8.65. The van der Waals surface area contributed by atoms with Gasteiger partial charge in [-0.25, -0.2) is 0 Å². The Hall–Kier alpha value is -2.49. The van der Waals surface area contributed by atoms with Crippen LogP contribution in [0.1, 0.15) is 0 Å². The average Bonchev–Trinajstić information content (AvgIpc) is 3.15. The van der Waals surface area contributed by atoms with Gasteiger partial charge in [0.05, 0.1) is 10.9 Å². The number of phenols is 1. The van der Waals surface area contributed by atoms with Crippen molar-refractivity contribution in [2.24, 2.45) is 0 Å². The molecule has 82 valence electrons. The van der Waals surface area contributed by atoms with E-state index in [1.165, 1.54) is 0 Å². The monoisotopic (exact) mass is 225 g/mol. The van der Waals surface area contributed by atoms with E-state index in [1.807, 2.05) is 18.2 Å². The molecule has 2 N–H and O–H groups in total. The molecule has 0 aliphatic carbocycles. The number of fused-ring (bicyclic) bond motifs is 5. The van der Waals surface area contributed by atoms with Gasteiger partial charge in [-0.3, -0.25) is 4.79 Å². The number of hydrogen-bond donors (Lipinski definition) is 2. The number of benzene rings is 2. The Morgan fingerprint density at radius 3 is 2.94 bits per heavy atom. The molecule has 1 aliphatic rings. The Morgan fingerprint density at radius 2 is 2.06 bits per heavy atom. The van der Waals surface area contributed by atoms with Gasteiger partial charge in [-0.05, 0) is 17.5 Å². The fourth-order valence-corrected chi connectivity index (χ4v) is 2.25. The summed E-state index contributed by atoms with van der Waals surface area (Å²) in [5.41, 5.74) is 0.442. The first-order valence-electron chi connectivity index (χ1n) is 5.24. The average molecular weight is 225 g/mol. The summed E-state index contributed by atoms with van der Waals surface area (Å²) in [4.78, 5) is 14.7. The quantitative estimate of drug-likeness (QED) is 0.357. The second kappa shape index (κ2) is 2.60. The number of nitrogens with one attached hydrogen (secondary N) is 1. The number of hydrogen-bond acceptors (Lipinski definition) is 3. The molecule has 0 unspecified atom stereocenters. The van der Waals surface area contributed by atoms with Crippen LogP contribution in [0.4, 0.5) is 0 Å². The normalized spacial score (nSPS) is 12.5. The largest absolute Gasteiger partial charge is 0.504 e. The van der Waals surface area contributed by atoms with Crippen molar-refractivity contribution in [3.63, 3.8) is 0 Å². The summed E-state index contributed by atoms with van der Waals surface area (Å²) in [6.45, 7) is 0. The van der Waals surface area contributed by atoms with Crippen molar-refractivity contribution < 1.29 is 9.84 Å². The van der Waals surface area contributed by atoms with E-state index in [4.69, 9.17) is 4.74 Å². The SMILES string of the molecule is O=c1c2c(c3c(ccc4ccc[nH]c43)c1O)O2. The van der Waals surface area contributed by atoms with Crippen LogP contribution in [0.25, 0.3) is 21.7 Å². The van der Waals surface area contributed by atoms with Gasteiger partial charge >= 0.3 is 0 Å². The molecule has 4 rings (SSSR count). The summed E-state index contributed by atoms with van der Waals surface area (Å²) in [7, 11) is 0. The predicted molar refractivity (Wildman–Crippen MR) is 63.8 cm³/mol. The van der Waals surface area contributed by atoms with Crippen LogP contribution in [-0.2, 0) is 0 Å². The summed E-state index contributed by atoms with van der Waals surface area (Å²) < 4.78 is 5.18. The fourth-order valence-electron chi connectivity index (χ4n) is 2.25. The van der Waals surface area contributed by atoms with Gasteiger partial charge in [0.1, 0.15) is 0 Å². The van der Waals surface area contributed by atoms with E-state index in [0.717, 1.165) is 16.3 Å². The minimum Gasteiger partial charge on any atom is -0.504 e. The van der Waals surface area contributed by atoms with Crippen LogP contribution in [-0.4, -0.2) is 10.1 Å². The number of aromatic hydroxyl groups is 1. The number of pyridine rings is 1. The Bertz CT molecular complexity index is 849. The van der Waals surface area contributed by atoms with Crippen LogP contribution in [0.3, 0.4) is 0 Å². The lowest BCUT2D eigenvalue weighted by atomic mass is 10.1. The molecule has 0 radical (unpaired) electrons. The Labute approximate surface area is 95.1 Å². The van der Waals surface area contributed by atoms with Crippen molar-refractivity contribution >= 4 is 21.7 Å². The highest BCUT2D eigenvalue weighted by Gasteiger charge is 2.32. The first-order valence-corrected chi connectivity index (χ1v) is 5.24. The molecule has 0 fully saturated rings. The van der Waals surface area contributed by atoms with Crippen LogP contribution < -0.4 is 10.2 Å². The molecule has 4 heteroatoms. The molecule has 3 aromatic rings. The van der Waals surface area contributed by atoms with E-state index in [1.54, 1.807) is 12.3 Å². The third-order valence-electron chi connectivity index (χ3n) is 3.11. The van der Waals surface area contributed by atoms with E-state index < -0.39 is 5.43 Å². The smallest absolute Gasteiger partial charge is 0.267 e. The van der Waals surface area contributed by atoms with Crippen LogP contribution in [0.2, 0.25) is 0 Å². The summed E-state index contributed by atoms with van der Waals surface area (Å²) in [5.74, 6) is 0.603. The van der Waals surface area contributed by atoms with Crippen molar-refractivity contribution in [3.05, 3.63) is 40.7 Å². The first-order chi connectivity index (χ1) is 8.27. The number of rotatable bonds is 0. The minimum absolute atomic E-state index is 0.240. The van der Waals surface area contributed by atoms with Crippen LogP contribution in [0, 0.1) is 0 Å². The van der Waals surface area contributed by atoms with Gasteiger partial charge in [-0.15, -0.1) is 0 Å². The van der Waals surface area contributed by atoms with Crippen molar-refractivity contribution in [1.82, 2.24) is 4.98 Å². The van der Waals surface area contributed by atoms with E-state index in [0.29, 0.717) is 11.1 Å². The molecule has 2 aromatic carbocycles. The molecule has 0 bridgehead atoms. The molecule has 17 heavy (non-hydrogen) atoms. The lowest BCUT2D eigenvalue weighted by Crippen LogP contribution is -1.94. The molecule has 0 amide bonds. The molecule has 0 atom stereocenters. The predicted octanol–water partition coefficient (Wildman–Crippen LogP) is 2.49. The van der Waals surface area contributed by atoms with E-state index >= 15 is 0 Å². The maximum absolute atomic E-state index is 11.6. The Kier molecular flexibility index (Phi) is 1.32. The standard InChI is InChI=1S/C13H7NO3/c15-10-7-4-3-6-2-1-5-14-9(6)8(7)12-13(17-12)11(10)16/h1-5,14-15H. The summed E-state index contributed by atoms with van der Waals surface area (Å²) in [6, 6.07) is 7.46. The maximum Gasteiger partial charge on any atom is 0.267 e. The van der Waals surface area contributed by atoms with Gasteiger partial charge in [0.25, 0.3) is 5.43 Å². The van der Waals surface area contributed by atoms with Gasteiger partial charge < -0.3 is 14.8 Å². The van der Waals surface area contributed by atoms with Gasteiger partial charge in [0.15, 0.2) is 11.5 Å². The molecule has 1 aliphatic heterocycles. The van der Waals surface area contributed by atoms with Crippen LogP contribution in [0.15, 0.2) is 35.3 Å². The third kappa shape index (κ3) is 0.945. The zero-order valence-electron chi connectivity index (χ0n) is 8.65. The van der Waals surface area contributed by atoms with E-state index in [2.05, 4.69) is 4.98 Å². The van der Waals surface area contributed by atoms with Gasteiger partial charge in [-0.1, -0.05) is 12.1 Å². The highest BCUT2D eigenvalue weighted by Crippen LogP contribution is 2.51. The summed E-state index contributed by atoms with van der Waals surface area (Å²) in [5, 5.41) is 12.1. The number of H-pyrrole nitrogens is 1. The second-order valence-corrected chi connectivity index (χ2v) is 4.06. The van der Waals surface area contributed by atoms with E-state index in [9.17, 15) is 9.90 Å². The van der Waals surface area contributed by atoms with Crippen LogP contribution >= 0.6 is 0 Å². The van der Waals surface area contributed by atoms with Crippen molar-refractivity contribution in [2.45, 2.75) is 0 Å². The van der Waals surface area contributed by atoms with Crippen LogP contribution in [0.5, 0.6) is 17.2 Å². The molecule has 2 heterocycles. The summed E-state index contributed by atoms with van der Waals surface area (Å²) in [6.07, 6.45) is 1.80. The molecule has 4 nitrogen and oxygen atoms in total. The topological polar surface area (TPSA) is 65.6 Å². The molecule has 1 aromatic heterocycles. The number of aromatic nitrogens is 1. The van der Waals surface area contributed by atoms with Crippen molar-refractivity contribution in [3.8, 4) is 17.2 Å². The molecule has 0 saturated heterocycles. The maximum atomic E-state index is 11.6. The highest BCUT2D eigenvalue weighted by atomic mass is 16.6. The third-order valence-corrected chi connectivity index (χ3v) is 3.11.